The Hall–Kier alpha value is -4.40. The van der Waals surface area contributed by atoms with E-state index in [1.807, 2.05) is 43.3 Å². The van der Waals surface area contributed by atoms with Crippen molar-refractivity contribution < 1.29 is 8.78 Å². The minimum Gasteiger partial charge on any atom is -0.383 e. The molecule has 0 atom stereocenters. The molecule has 3 aromatic heterocycles. The third-order valence-corrected chi connectivity index (χ3v) is 5.17. The zero-order chi connectivity index (χ0) is 22.9. The smallest absolute Gasteiger partial charge is 0.225 e. The summed E-state index contributed by atoms with van der Waals surface area (Å²) < 4.78 is 30.3. The highest BCUT2D eigenvalue weighted by Crippen LogP contribution is 2.34. The van der Waals surface area contributed by atoms with Crippen LogP contribution < -0.4 is 11.1 Å². The van der Waals surface area contributed by atoms with Crippen LogP contribution in [0.1, 0.15) is 11.1 Å². The Morgan fingerprint density at radius 2 is 1.91 bits per heavy atom. The molecule has 3 N–H and O–H groups in total. The van der Waals surface area contributed by atoms with E-state index in [1.165, 1.54) is 4.68 Å². The Bertz CT molecular complexity index is 1470. The lowest BCUT2D eigenvalue weighted by atomic mass is 10.1. The molecule has 3 heterocycles. The molecule has 0 saturated heterocycles. The molecule has 0 spiro atoms. The highest BCUT2D eigenvalue weighted by atomic mass is 19.1. The van der Waals surface area contributed by atoms with E-state index in [9.17, 15) is 8.78 Å². The van der Waals surface area contributed by atoms with Crippen LogP contribution in [0, 0.1) is 18.6 Å². The Labute approximate surface area is 188 Å². The number of nitrogens with two attached hydrogens (primary N) is 1. The molecule has 9 heteroatoms. The predicted molar refractivity (Wildman–Crippen MR) is 123 cm³/mol. The molecule has 0 saturated carbocycles. The molecule has 2 aromatic carbocycles. The van der Waals surface area contributed by atoms with Crippen LogP contribution in [-0.2, 0) is 6.54 Å². The number of aromatic nitrogens is 5. The van der Waals surface area contributed by atoms with Gasteiger partial charge < -0.3 is 11.1 Å². The van der Waals surface area contributed by atoms with Crippen LogP contribution in [-0.4, -0.2) is 24.7 Å². The van der Waals surface area contributed by atoms with Crippen LogP contribution in [0.15, 0.2) is 67.0 Å². The van der Waals surface area contributed by atoms with Gasteiger partial charge in [0, 0.05) is 24.5 Å². The van der Waals surface area contributed by atoms with Crippen LogP contribution in [0.2, 0.25) is 0 Å². The van der Waals surface area contributed by atoms with Crippen molar-refractivity contribution in [1.29, 1.82) is 0 Å². The van der Waals surface area contributed by atoms with Gasteiger partial charge in [-0.2, -0.15) is 4.98 Å². The normalized spacial score (nSPS) is 11.1. The van der Waals surface area contributed by atoms with Gasteiger partial charge in [-0.3, -0.25) is 4.98 Å². The predicted octanol–water partition coefficient (Wildman–Crippen LogP) is 4.66. The minimum absolute atomic E-state index is 0.0256. The standard InChI is InChI=1S/C24H19F2N7/c1-14-4-2-6-17(10-14)33-22(27)20-21(18-11-16(25)7-8-19(18)26)30-24(31-23(20)32-33)29-13-15-5-3-9-28-12-15/h2-12H,13,27H2,1H3,(H,29,31,32). The summed E-state index contributed by atoms with van der Waals surface area (Å²) in [5.41, 5.74) is 9.48. The molecular weight excluding hydrogens is 424 g/mol. The maximum absolute atomic E-state index is 14.8. The van der Waals surface area contributed by atoms with Crippen LogP contribution in [0.3, 0.4) is 0 Å². The molecule has 0 amide bonds. The number of halogens is 2. The van der Waals surface area contributed by atoms with E-state index in [0.29, 0.717) is 11.9 Å². The molecule has 0 aliphatic carbocycles. The number of nitrogens with zero attached hydrogens (tertiary/aromatic N) is 5. The molecule has 0 radical (unpaired) electrons. The fraction of sp³-hybridized carbons (Fsp3) is 0.0833. The van der Waals surface area contributed by atoms with Crippen LogP contribution >= 0.6 is 0 Å². The van der Waals surface area contributed by atoms with Crippen molar-refractivity contribution >= 4 is 22.8 Å². The third kappa shape index (κ3) is 3.96. The summed E-state index contributed by atoms with van der Waals surface area (Å²) in [5.74, 6) is -0.781. The SMILES string of the molecule is Cc1cccc(-n2nc3nc(NCc4cccnc4)nc(-c4cc(F)ccc4F)c3c2N)c1. The number of hydrogen-bond acceptors (Lipinski definition) is 6. The Morgan fingerprint density at radius 1 is 1.03 bits per heavy atom. The number of fused-ring (bicyclic) bond motifs is 1. The van der Waals surface area contributed by atoms with Gasteiger partial charge in [0.1, 0.15) is 17.5 Å². The highest BCUT2D eigenvalue weighted by molar-refractivity contribution is 5.99. The molecule has 33 heavy (non-hydrogen) atoms. The lowest BCUT2D eigenvalue weighted by molar-refractivity contribution is 0.603. The van der Waals surface area contributed by atoms with Crippen molar-refractivity contribution in [3.63, 3.8) is 0 Å². The zero-order valence-electron chi connectivity index (χ0n) is 17.6. The van der Waals surface area contributed by atoms with Gasteiger partial charge >= 0.3 is 0 Å². The second kappa shape index (κ2) is 8.27. The van der Waals surface area contributed by atoms with E-state index in [4.69, 9.17) is 5.73 Å². The van der Waals surface area contributed by atoms with E-state index in [1.54, 1.807) is 12.4 Å². The molecule has 0 aliphatic rings. The van der Waals surface area contributed by atoms with Crippen molar-refractivity contribution in [3.8, 4) is 16.9 Å². The fourth-order valence-electron chi connectivity index (χ4n) is 3.60. The van der Waals surface area contributed by atoms with Crippen molar-refractivity contribution in [3.05, 3.63) is 89.8 Å². The number of rotatable bonds is 5. The lowest BCUT2D eigenvalue weighted by Gasteiger charge is -2.09. The van der Waals surface area contributed by atoms with E-state index in [2.05, 4.69) is 25.4 Å². The van der Waals surface area contributed by atoms with Gasteiger partial charge in [0.2, 0.25) is 5.95 Å². The number of nitrogen functional groups attached to an aromatic ring is 1. The van der Waals surface area contributed by atoms with Gasteiger partial charge in [-0.1, -0.05) is 18.2 Å². The number of benzene rings is 2. The van der Waals surface area contributed by atoms with Gasteiger partial charge in [-0.25, -0.2) is 18.4 Å². The maximum Gasteiger partial charge on any atom is 0.225 e. The quantitative estimate of drug-likeness (QED) is 0.410. The third-order valence-electron chi connectivity index (χ3n) is 5.17. The van der Waals surface area contributed by atoms with Gasteiger partial charge in [0.15, 0.2) is 5.65 Å². The highest BCUT2D eigenvalue weighted by Gasteiger charge is 2.21. The molecule has 0 aliphatic heterocycles. The average molecular weight is 443 g/mol. The number of hydrogen-bond donors (Lipinski definition) is 2. The Morgan fingerprint density at radius 3 is 2.70 bits per heavy atom. The Kier molecular flexibility index (Phi) is 5.14. The van der Waals surface area contributed by atoms with Crippen molar-refractivity contribution in [2.75, 3.05) is 11.1 Å². The topological polar surface area (TPSA) is 94.5 Å². The Balaban J connectivity index is 1.69. The number of pyridine rings is 1. The van der Waals surface area contributed by atoms with Crippen LogP contribution in [0.4, 0.5) is 20.5 Å². The second-order valence-corrected chi connectivity index (χ2v) is 7.57. The van der Waals surface area contributed by atoms with E-state index in [-0.39, 0.29) is 28.7 Å². The van der Waals surface area contributed by atoms with Crippen molar-refractivity contribution in [2.45, 2.75) is 13.5 Å². The first-order valence-corrected chi connectivity index (χ1v) is 10.2. The summed E-state index contributed by atoms with van der Waals surface area (Å²) in [6.45, 7) is 2.34. The molecular formula is C24H19F2N7. The summed E-state index contributed by atoms with van der Waals surface area (Å²) in [7, 11) is 0. The number of aryl methyl sites for hydroxylation is 1. The number of nitrogens with one attached hydrogen (secondary N) is 1. The summed E-state index contributed by atoms with van der Waals surface area (Å²) >= 11 is 0. The minimum atomic E-state index is -0.627. The van der Waals surface area contributed by atoms with E-state index in [0.717, 1.165) is 35.0 Å². The van der Waals surface area contributed by atoms with Gasteiger partial charge in [-0.15, -0.1) is 5.10 Å². The van der Waals surface area contributed by atoms with Crippen LogP contribution in [0.5, 0.6) is 0 Å². The molecule has 0 fully saturated rings. The fourth-order valence-corrected chi connectivity index (χ4v) is 3.60. The molecule has 5 rings (SSSR count). The first-order valence-electron chi connectivity index (χ1n) is 10.2. The summed E-state index contributed by atoms with van der Waals surface area (Å²) in [5, 5.41) is 8.00. The van der Waals surface area contributed by atoms with Gasteiger partial charge in [0.05, 0.1) is 16.8 Å². The zero-order valence-corrected chi connectivity index (χ0v) is 17.6. The summed E-state index contributed by atoms with van der Waals surface area (Å²) in [4.78, 5) is 13.1. The van der Waals surface area contributed by atoms with Crippen LogP contribution in [0.25, 0.3) is 28.0 Å². The first kappa shape index (κ1) is 20.5. The van der Waals surface area contributed by atoms with Crippen molar-refractivity contribution in [1.82, 2.24) is 24.7 Å². The average Bonchev–Trinajstić information content (AvgIpc) is 3.16. The van der Waals surface area contributed by atoms with E-state index >= 15 is 0 Å². The molecule has 5 aromatic rings. The molecule has 0 bridgehead atoms. The molecule has 164 valence electrons. The van der Waals surface area contributed by atoms with Gasteiger partial charge in [0.25, 0.3) is 0 Å². The van der Waals surface area contributed by atoms with E-state index < -0.39 is 11.6 Å². The summed E-state index contributed by atoms with van der Waals surface area (Å²) in [6.07, 6.45) is 3.39. The second-order valence-electron chi connectivity index (χ2n) is 7.57. The maximum atomic E-state index is 14.8. The largest absolute Gasteiger partial charge is 0.383 e. The van der Waals surface area contributed by atoms with Gasteiger partial charge in [-0.05, 0) is 54.4 Å². The lowest BCUT2D eigenvalue weighted by Crippen LogP contribution is -2.05. The number of anilines is 2. The monoisotopic (exact) mass is 443 g/mol. The molecule has 7 nitrogen and oxygen atoms in total. The first-order chi connectivity index (χ1) is 16.0. The molecule has 0 unspecified atom stereocenters. The summed E-state index contributed by atoms with van der Waals surface area (Å²) in [6, 6.07) is 14.5. The van der Waals surface area contributed by atoms with Crippen molar-refractivity contribution in [2.24, 2.45) is 0 Å².